The van der Waals surface area contributed by atoms with E-state index in [-0.39, 0.29) is 5.41 Å². The van der Waals surface area contributed by atoms with Crippen LogP contribution >= 0.6 is 0 Å². The fourth-order valence-corrected chi connectivity index (χ4v) is 9.84. The van der Waals surface area contributed by atoms with Crippen molar-refractivity contribution in [3.63, 3.8) is 0 Å². The standard InChI is InChI=1S/C57H40N2O/c1-57(2)50-21-11-9-18-44(50)45-31-30-43(36-51(45)57)58(54-22-13-20-47-46-19-10-12-23-55(46)60-56(47)54)42-28-24-38(25-29-42)40-27-33-53-49(35-40)48-34-39(37-14-5-3-6-15-37)26-32-52(48)59(53)41-16-7-4-8-17-41/h3-36H,1-2H3. The average Bonchev–Trinajstić information content (AvgIpc) is 3.92. The van der Waals surface area contributed by atoms with Crippen LogP contribution in [-0.4, -0.2) is 4.57 Å². The Morgan fingerprint density at radius 1 is 0.417 bits per heavy atom. The van der Waals surface area contributed by atoms with Gasteiger partial charge < -0.3 is 13.9 Å². The van der Waals surface area contributed by atoms with Gasteiger partial charge in [0.15, 0.2) is 5.58 Å². The quantitative estimate of drug-likeness (QED) is 0.168. The Morgan fingerprint density at radius 2 is 1.00 bits per heavy atom. The topological polar surface area (TPSA) is 21.3 Å². The number of anilines is 3. The summed E-state index contributed by atoms with van der Waals surface area (Å²) in [5.41, 5.74) is 18.4. The molecule has 11 aromatic rings. The largest absolute Gasteiger partial charge is 0.454 e. The third-order valence-corrected chi connectivity index (χ3v) is 12.8. The van der Waals surface area contributed by atoms with Crippen molar-refractivity contribution in [3.8, 4) is 39.1 Å². The molecule has 0 spiro atoms. The predicted molar refractivity (Wildman–Crippen MR) is 251 cm³/mol. The van der Waals surface area contributed by atoms with Crippen LogP contribution in [-0.2, 0) is 5.41 Å². The number of hydrogen-bond donors (Lipinski definition) is 0. The number of para-hydroxylation sites is 3. The van der Waals surface area contributed by atoms with Crippen LogP contribution in [0.1, 0.15) is 25.0 Å². The van der Waals surface area contributed by atoms with Gasteiger partial charge in [-0.3, -0.25) is 0 Å². The van der Waals surface area contributed by atoms with Crippen LogP contribution < -0.4 is 4.90 Å². The molecular weight excluding hydrogens is 729 g/mol. The van der Waals surface area contributed by atoms with Crippen LogP contribution in [0.3, 0.4) is 0 Å². The Morgan fingerprint density at radius 3 is 1.75 bits per heavy atom. The summed E-state index contributed by atoms with van der Waals surface area (Å²) < 4.78 is 9.08. The van der Waals surface area contributed by atoms with E-state index >= 15 is 0 Å². The first-order chi connectivity index (χ1) is 29.5. The summed E-state index contributed by atoms with van der Waals surface area (Å²) in [7, 11) is 0. The highest BCUT2D eigenvalue weighted by atomic mass is 16.3. The Labute approximate surface area is 349 Å². The molecule has 2 aromatic heterocycles. The summed E-state index contributed by atoms with van der Waals surface area (Å²) in [6, 6.07) is 74.8. The summed E-state index contributed by atoms with van der Waals surface area (Å²) in [6.45, 7) is 4.69. The zero-order valence-corrected chi connectivity index (χ0v) is 33.4. The highest BCUT2D eigenvalue weighted by Gasteiger charge is 2.36. The van der Waals surface area contributed by atoms with Gasteiger partial charge in [-0.05, 0) is 117 Å². The second-order valence-corrected chi connectivity index (χ2v) is 16.5. The number of furan rings is 1. The number of rotatable bonds is 6. The number of fused-ring (bicyclic) bond motifs is 9. The van der Waals surface area contributed by atoms with Gasteiger partial charge in [-0.2, -0.15) is 0 Å². The van der Waals surface area contributed by atoms with Gasteiger partial charge in [0.05, 0.1) is 16.7 Å². The lowest BCUT2D eigenvalue weighted by molar-refractivity contribution is 0.660. The molecule has 3 nitrogen and oxygen atoms in total. The molecule has 2 heterocycles. The first-order valence-corrected chi connectivity index (χ1v) is 20.8. The van der Waals surface area contributed by atoms with E-state index in [0.29, 0.717) is 0 Å². The molecule has 0 N–H and O–H groups in total. The van der Waals surface area contributed by atoms with Crippen molar-refractivity contribution in [1.29, 1.82) is 0 Å². The highest BCUT2D eigenvalue weighted by molar-refractivity contribution is 6.12. The fourth-order valence-electron chi connectivity index (χ4n) is 9.84. The molecule has 284 valence electrons. The molecule has 0 saturated carbocycles. The molecule has 0 fully saturated rings. The maximum atomic E-state index is 6.69. The summed E-state index contributed by atoms with van der Waals surface area (Å²) >= 11 is 0. The minimum Gasteiger partial charge on any atom is -0.454 e. The molecule has 0 saturated heterocycles. The van der Waals surface area contributed by atoms with Gasteiger partial charge >= 0.3 is 0 Å². The van der Waals surface area contributed by atoms with E-state index < -0.39 is 0 Å². The summed E-state index contributed by atoms with van der Waals surface area (Å²) in [5, 5.41) is 4.70. The van der Waals surface area contributed by atoms with Crippen LogP contribution in [0, 0.1) is 0 Å². The highest BCUT2D eigenvalue weighted by Crippen LogP contribution is 2.51. The normalized spacial score (nSPS) is 13.0. The van der Waals surface area contributed by atoms with E-state index in [1.807, 2.05) is 6.07 Å². The van der Waals surface area contributed by atoms with E-state index in [0.717, 1.165) is 50.3 Å². The van der Waals surface area contributed by atoms with Crippen molar-refractivity contribution in [1.82, 2.24) is 4.57 Å². The number of benzene rings is 9. The van der Waals surface area contributed by atoms with Crippen LogP contribution in [0.15, 0.2) is 211 Å². The van der Waals surface area contributed by atoms with E-state index in [2.05, 4.69) is 224 Å². The molecule has 1 aliphatic carbocycles. The van der Waals surface area contributed by atoms with Crippen LogP contribution in [0.4, 0.5) is 17.1 Å². The molecule has 9 aromatic carbocycles. The van der Waals surface area contributed by atoms with Crippen molar-refractivity contribution in [2.75, 3.05) is 4.90 Å². The maximum absolute atomic E-state index is 6.69. The Kier molecular flexibility index (Phi) is 7.58. The predicted octanol–water partition coefficient (Wildman–Crippen LogP) is 15.8. The van der Waals surface area contributed by atoms with Gasteiger partial charge in [-0.25, -0.2) is 0 Å². The van der Waals surface area contributed by atoms with E-state index in [4.69, 9.17) is 4.42 Å². The molecule has 12 rings (SSSR count). The number of hydrogen-bond acceptors (Lipinski definition) is 2. The third-order valence-electron chi connectivity index (χ3n) is 12.8. The van der Waals surface area contributed by atoms with Gasteiger partial charge in [0, 0.05) is 44.0 Å². The summed E-state index contributed by atoms with van der Waals surface area (Å²) in [5.74, 6) is 0. The molecule has 60 heavy (non-hydrogen) atoms. The minimum atomic E-state index is -0.132. The van der Waals surface area contributed by atoms with E-state index in [9.17, 15) is 0 Å². The lowest BCUT2D eigenvalue weighted by atomic mass is 9.82. The molecule has 0 aliphatic heterocycles. The van der Waals surface area contributed by atoms with Crippen LogP contribution in [0.2, 0.25) is 0 Å². The molecule has 0 unspecified atom stereocenters. The molecule has 0 atom stereocenters. The van der Waals surface area contributed by atoms with Gasteiger partial charge in [-0.15, -0.1) is 0 Å². The average molecular weight is 769 g/mol. The lowest BCUT2D eigenvalue weighted by Crippen LogP contribution is -2.16. The van der Waals surface area contributed by atoms with Crippen LogP contribution in [0.25, 0.3) is 82.8 Å². The van der Waals surface area contributed by atoms with Gasteiger partial charge in [0.2, 0.25) is 0 Å². The number of aromatic nitrogens is 1. The van der Waals surface area contributed by atoms with E-state index in [1.54, 1.807) is 0 Å². The van der Waals surface area contributed by atoms with E-state index in [1.165, 1.54) is 60.8 Å². The van der Waals surface area contributed by atoms with Crippen molar-refractivity contribution in [3.05, 3.63) is 217 Å². The second kappa shape index (κ2) is 13.2. The lowest BCUT2D eigenvalue weighted by Gasteiger charge is -2.28. The minimum absolute atomic E-state index is 0.132. The second-order valence-electron chi connectivity index (χ2n) is 16.5. The van der Waals surface area contributed by atoms with Crippen molar-refractivity contribution in [2.24, 2.45) is 0 Å². The summed E-state index contributed by atoms with van der Waals surface area (Å²) in [6.07, 6.45) is 0. The first kappa shape index (κ1) is 34.4. The smallest absolute Gasteiger partial charge is 0.159 e. The van der Waals surface area contributed by atoms with Gasteiger partial charge in [0.1, 0.15) is 5.58 Å². The summed E-state index contributed by atoms with van der Waals surface area (Å²) in [4.78, 5) is 2.37. The molecule has 3 heteroatoms. The Hall–Kier alpha value is -7.62. The Bertz CT molecular complexity index is 3450. The van der Waals surface area contributed by atoms with Gasteiger partial charge in [-0.1, -0.05) is 147 Å². The SMILES string of the molecule is CC1(C)c2ccccc2-c2ccc(N(c3ccc(-c4ccc5c(c4)c4cc(-c6ccccc6)ccc4n5-c4ccccc4)cc3)c3cccc4c3oc3ccccc34)cc21. The maximum Gasteiger partial charge on any atom is 0.159 e. The molecule has 1 aliphatic rings. The Balaban J connectivity index is 1.01. The zero-order valence-electron chi connectivity index (χ0n) is 33.4. The zero-order chi connectivity index (χ0) is 40.0. The van der Waals surface area contributed by atoms with Crippen molar-refractivity contribution >= 4 is 60.8 Å². The van der Waals surface area contributed by atoms with Crippen molar-refractivity contribution in [2.45, 2.75) is 19.3 Å². The molecule has 0 radical (unpaired) electrons. The first-order valence-electron chi connectivity index (χ1n) is 20.8. The molecule has 0 bridgehead atoms. The number of nitrogens with zero attached hydrogens (tertiary/aromatic N) is 2. The monoisotopic (exact) mass is 768 g/mol. The van der Waals surface area contributed by atoms with Crippen molar-refractivity contribution < 1.29 is 4.42 Å². The molecular formula is C57H40N2O. The molecule has 0 amide bonds. The van der Waals surface area contributed by atoms with Gasteiger partial charge in [0.25, 0.3) is 0 Å². The van der Waals surface area contributed by atoms with Crippen LogP contribution in [0.5, 0.6) is 0 Å². The third kappa shape index (κ3) is 5.22. The fraction of sp³-hybridized carbons (Fsp3) is 0.0526.